The summed E-state index contributed by atoms with van der Waals surface area (Å²) in [5.74, 6) is 0.622. The molecule has 1 fully saturated rings. The van der Waals surface area contributed by atoms with E-state index in [9.17, 15) is 9.59 Å². The van der Waals surface area contributed by atoms with Crippen LogP contribution in [0, 0.1) is 13.8 Å². The van der Waals surface area contributed by atoms with Crippen molar-refractivity contribution in [1.29, 1.82) is 0 Å². The van der Waals surface area contributed by atoms with Crippen molar-refractivity contribution in [2.45, 2.75) is 20.4 Å². The van der Waals surface area contributed by atoms with Crippen molar-refractivity contribution in [2.75, 3.05) is 44.6 Å². The Morgan fingerprint density at radius 1 is 0.853 bits per heavy atom. The first kappa shape index (κ1) is 23.7. The quantitative estimate of drug-likeness (QED) is 0.539. The van der Waals surface area contributed by atoms with Crippen molar-refractivity contribution >= 4 is 17.6 Å². The van der Waals surface area contributed by atoms with Crippen molar-refractivity contribution < 1.29 is 9.59 Å². The normalized spacial score (nSPS) is 14.6. The lowest BCUT2D eigenvalue weighted by atomic mass is 10.2. The molecule has 0 spiro atoms. The molecule has 4 rings (SSSR count). The van der Waals surface area contributed by atoms with Crippen LogP contribution in [-0.4, -0.2) is 70.7 Å². The molecule has 0 unspecified atom stereocenters. The van der Waals surface area contributed by atoms with Gasteiger partial charge in [-0.05, 0) is 31.5 Å². The fourth-order valence-electron chi connectivity index (χ4n) is 4.02. The number of hydrogen-bond donors (Lipinski definition) is 2. The van der Waals surface area contributed by atoms with E-state index in [1.165, 1.54) is 5.56 Å². The van der Waals surface area contributed by atoms with E-state index in [1.54, 1.807) is 4.68 Å². The molecular formula is C26H32N6O2. The number of aromatic nitrogens is 2. The van der Waals surface area contributed by atoms with Gasteiger partial charge in [-0.1, -0.05) is 48.0 Å². The number of benzene rings is 2. The molecule has 0 aliphatic carbocycles. The van der Waals surface area contributed by atoms with E-state index in [0.717, 1.165) is 43.1 Å². The van der Waals surface area contributed by atoms with Gasteiger partial charge in [-0.3, -0.25) is 19.4 Å². The van der Waals surface area contributed by atoms with Crippen molar-refractivity contribution in [3.63, 3.8) is 0 Å². The van der Waals surface area contributed by atoms with Crippen LogP contribution in [0.5, 0.6) is 0 Å². The Bertz CT molecular complexity index is 1100. The minimum absolute atomic E-state index is 0.0229. The number of rotatable bonds is 8. The van der Waals surface area contributed by atoms with E-state index in [1.807, 2.05) is 74.5 Å². The average molecular weight is 461 g/mol. The summed E-state index contributed by atoms with van der Waals surface area (Å²) in [4.78, 5) is 29.3. The number of nitrogens with one attached hydrogen (secondary N) is 2. The number of amides is 2. The smallest absolute Gasteiger partial charge is 0.239 e. The maximum absolute atomic E-state index is 12.7. The third-order valence-corrected chi connectivity index (χ3v) is 5.91. The number of carbonyl (C=O) groups is 2. The molecule has 3 aromatic rings. The zero-order chi connectivity index (χ0) is 23.9. The molecule has 1 aliphatic rings. The van der Waals surface area contributed by atoms with Crippen molar-refractivity contribution in [2.24, 2.45) is 0 Å². The van der Waals surface area contributed by atoms with Gasteiger partial charge in [0.05, 0.1) is 24.5 Å². The Hall–Kier alpha value is -3.49. The van der Waals surface area contributed by atoms with Crippen LogP contribution in [0.2, 0.25) is 0 Å². The fourth-order valence-corrected chi connectivity index (χ4v) is 4.02. The Labute approximate surface area is 200 Å². The first-order valence-corrected chi connectivity index (χ1v) is 11.7. The number of piperazine rings is 1. The molecular weight excluding hydrogens is 428 g/mol. The molecule has 2 amide bonds. The zero-order valence-electron chi connectivity index (χ0n) is 19.8. The zero-order valence-corrected chi connectivity index (χ0v) is 19.8. The Morgan fingerprint density at radius 3 is 2.12 bits per heavy atom. The molecule has 0 bridgehead atoms. The summed E-state index contributed by atoms with van der Waals surface area (Å²) < 4.78 is 1.76. The van der Waals surface area contributed by atoms with Gasteiger partial charge in [0.1, 0.15) is 5.82 Å². The molecule has 8 nitrogen and oxygen atoms in total. The van der Waals surface area contributed by atoms with Crippen molar-refractivity contribution in [3.05, 3.63) is 77.5 Å². The van der Waals surface area contributed by atoms with Gasteiger partial charge in [0.15, 0.2) is 0 Å². The molecule has 1 aromatic heterocycles. The summed E-state index contributed by atoms with van der Waals surface area (Å²) in [7, 11) is 0. The molecule has 2 heterocycles. The lowest BCUT2D eigenvalue weighted by molar-refractivity contribution is -0.123. The predicted octanol–water partition coefficient (Wildman–Crippen LogP) is 2.36. The predicted molar refractivity (Wildman–Crippen MR) is 133 cm³/mol. The molecule has 178 valence electrons. The minimum atomic E-state index is -0.0673. The average Bonchev–Trinajstić information content (AvgIpc) is 3.20. The molecule has 1 saturated heterocycles. The molecule has 2 aromatic carbocycles. The molecule has 34 heavy (non-hydrogen) atoms. The van der Waals surface area contributed by atoms with E-state index in [-0.39, 0.29) is 11.8 Å². The van der Waals surface area contributed by atoms with Crippen LogP contribution in [0.1, 0.15) is 16.8 Å². The number of aryl methyl sites for hydroxylation is 2. The highest BCUT2D eigenvalue weighted by Crippen LogP contribution is 2.18. The van der Waals surface area contributed by atoms with Crippen LogP contribution >= 0.6 is 0 Å². The van der Waals surface area contributed by atoms with Crippen molar-refractivity contribution in [3.8, 4) is 5.69 Å². The summed E-state index contributed by atoms with van der Waals surface area (Å²) in [6.45, 7) is 8.18. The highest BCUT2D eigenvalue weighted by molar-refractivity contribution is 5.91. The minimum Gasteiger partial charge on any atom is -0.351 e. The molecule has 0 saturated carbocycles. The lowest BCUT2D eigenvalue weighted by Gasteiger charge is -2.33. The Morgan fingerprint density at radius 2 is 1.47 bits per heavy atom. The highest BCUT2D eigenvalue weighted by Gasteiger charge is 2.21. The maximum Gasteiger partial charge on any atom is 0.239 e. The standard InChI is InChI=1S/C26H32N6O2/c1-20-8-10-23(11-9-20)32-24(16-21(2)29-32)28-26(34)19-31-14-12-30(13-15-31)18-25(33)27-17-22-6-4-3-5-7-22/h3-11,16H,12-15,17-19H2,1-2H3,(H,27,33)(H,28,34). The highest BCUT2D eigenvalue weighted by atomic mass is 16.2. The Kier molecular flexibility index (Phi) is 7.72. The van der Waals surface area contributed by atoms with Gasteiger partial charge in [-0.25, -0.2) is 4.68 Å². The van der Waals surface area contributed by atoms with Gasteiger partial charge >= 0.3 is 0 Å². The van der Waals surface area contributed by atoms with Crippen molar-refractivity contribution in [1.82, 2.24) is 24.9 Å². The molecule has 0 radical (unpaired) electrons. The second-order valence-corrected chi connectivity index (χ2v) is 8.78. The SMILES string of the molecule is Cc1ccc(-n2nc(C)cc2NC(=O)CN2CCN(CC(=O)NCc3ccccc3)CC2)cc1. The number of anilines is 1. The third kappa shape index (κ3) is 6.52. The van der Waals surface area contributed by atoms with Gasteiger partial charge in [0.25, 0.3) is 0 Å². The molecule has 8 heteroatoms. The number of hydrogen-bond acceptors (Lipinski definition) is 5. The van der Waals surface area contributed by atoms with Gasteiger partial charge < -0.3 is 10.6 Å². The van der Waals surface area contributed by atoms with Crippen LogP contribution in [0.15, 0.2) is 60.7 Å². The van der Waals surface area contributed by atoms with Gasteiger partial charge in [0.2, 0.25) is 11.8 Å². The van der Waals surface area contributed by atoms with E-state index in [0.29, 0.717) is 25.5 Å². The van der Waals surface area contributed by atoms with Crippen LogP contribution < -0.4 is 10.6 Å². The second-order valence-electron chi connectivity index (χ2n) is 8.78. The third-order valence-electron chi connectivity index (χ3n) is 5.91. The topological polar surface area (TPSA) is 82.5 Å². The first-order chi connectivity index (χ1) is 16.5. The van der Waals surface area contributed by atoms with Crippen LogP contribution in [0.3, 0.4) is 0 Å². The number of carbonyl (C=O) groups excluding carboxylic acids is 2. The van der Waals surface area contributed by atoms with Crippen LogP contribution in [0.25, 0.3) is 5.69 Å². The summed E-state index contributed by atoms with van der Waals surface area (Å²) in [5, 5.41) is 10.5. The van der Waals surface area contributed by atoms with Gasteiger partial charge in [-0.2, -0.15) is 5.10 Å². The van der Waals surface area contributed by atoms with Gasteiger partial charge in [-0.15, -0.1) is 0 Å². The first-order valence-electron chi connectivity index (χ1n) is 11.7. The van der Waals surface area contributed by atoms with Crippen LogP contribution in [0.4, 0.5) is 5.82 Å². The maximum atomic E-state index is 12.7. The Balaban J connectivity index is 1.22. The lowest BCUT2D eigenvalue weighted by Crippen LogP contribution is -2.51. The molecule has 0 atom stereocenters. The van der Waals surface area contributed by atoms with E-state index >= 15 is 0 Å². The summed E-state index contributed by atoms with van der Waals surface area (Å²) in [6, 6.07) is 19.8. The van der Waals surface area contributed by atoms with E-state index in [4.69, 9.17) is 0 Å². The van der Waals surface area contributed by atoms with E-state index in [2.05, 4.69) is 25.5 Å². The second kappa shape index (κ2) is 11.1. The van der Waals surface area contributed by atoms with Crippen LogP contribution in [-0.2, 0) is 16.1 Å². The van der Waals surface area contributed by atoms with E-state index < -0.39 is 0 Å². The largest absolute Gasteiger partial charge is 0.351 e. The van der Waals surface area contributed by atoms with Gasteiger partial charge in [0, 0.05) is 38.8 Å². The summed E-state index contributed by atoms with van der Waals surface area (Å²) >= 11 is 0. The molecule has 1 aliphatic heterocycles. The number of nitrogens with zero attached hydrogens (tertiary/aromatic N) is 4. The molecule has 2 N–H and O–H groups in total. The monoisotopic (exact) mass is 460 g/mol. The summed E-state index contributed by atoms with van der Waals surface area (Å²) in [6.07, 6.45) is 0. The summed E-state index contributed by atoms with van der Waals surface area (Å²) in [5.41, 5.74) is 4.01. The fraction of sp³-hybridized carbons (Fsp3) is 0.346.